The quantitative estimate of drug-likeness (QED) is 0.716. The summed E-state index contributed by atoms with van der Waals surface area (Å²) in [6.45, 7) is 6.17. The van der Waals surface area contributed by atoms with E-state index < -0.39 is 0 Å². The van der Waals surface area contributed by atoms with Gasteiger partial charge in [-0.25, -0.2) is 0 Å². The third-order valence-corrected chi connectivity index (χ3v) is 5.37. The molecule has 1 aliphatic heterocycles. The molecule has 1 aliphatic rings. The summed E-state index contributed by atoms with van der Waals surface area (Å²) in [6, 6.07) is 15.1. The van der Waals surface area contributed by atoms with Crippen molar-refractivity contribution in [2.45, 2.75) is 13.8 Å². The Morgan fingerprint density at radius 3 is 2.27 bits per heavy atom. The summed E-state index contributed by atoms with van der Waals surface area (Å²) in [5.41, 5.74) is 2.76. The van der Waals surface area contributed by atoms with Crippen LogP contribution in [0.25, 0.3) is 6.08 Å². The number of benzene rings is 2. The van der Waals surface area contributed by atoms with Crippen LogP contribution in [0.2, 0.25) is 5.02 Å². The van der Waals surface area contributed by atoms with Crippen molar-refractivity contribution in [3.63, 3.8) is 0 Å². The number of carbonyl (C=O) groups excluding carboxylic acids is 1. The van der Waals surface area contributed by atoms with Crippen LogP contribution in [0.1, 0.15) is 19.4 Å². The van der Waals surface area contributed by atoms with Gasteiger partial charge in [0.15, 0.2) is 5.17 Å². The molecule has 1 heterocycles. The molecule has 2 aromatic carbocycles. The number of nitrogens with one attached hydrogen (secondary N) is 1. The van der Waals surface area contributed by atoms with Crippen LogP contribution in [0.15, 0.2) is 53.4 Å². The fraction of sp³-hybridized carbons (Fsp3) is 0.200. The Morgan fingerprint density at radius 2 is 1.69 bits per heavy atom. The molecular formula is C20H20ClN3OS. The molecule has 1 fully saturated rings. The predicted molar refractivity (Wildman–Crippen MR) is 112 cm³/mol. The molecule has 134 valence electrons. The molecule has 1 saturated heterocycles. The van der Waals surface area contributed by atoms with Crippen molar-refractivity contribution in [1.82, 2.24) is 0 Å². The Morgan fingerprint density at radius 1 is 1.08 bits per heavy atom. The van der Waals surface area contributed by atoms with Gasteiger partial charge in [-0.1, -0.05) is 23.7 Å². The molecule has 6 heteroatoms. The van der Waals surface area contributed by atoms with Crippen molar-refractivity contribution in [2.75, 3.05) is 22.9 Å². The van der Waals surface area contributed by atoms with Crippen LogP contribution in [-0.4, -0.2) is 24.2 Å². The second kappa shape index (κ2) is 7.98. The number of anilines is 2. The molecule has 1 amide bonds. The highest BCUT2D eigenvalue weighted by molar-refractivity contribution is 8.19. The maximum Gasteiger partial charge on any atom is 0.271 e. The van der Waals surface area contributed by atoms with Crippen LogP contribution >= 0.6 is 23.4 Å². The maximum absolute atomic E-state index is 12.7. The largest absolute Gasteiger partial charge is 0.372 e. The molecule has 26 heavy (non-hydrogen) atoms. The smallest absolute Gasteiger partial charge is 0.271 e. The van der Waals surface area contributed by atoms with Crippen LogP contribution in [0.3, 0.4) is 0 Å². The molecule has 0 atom stereocenters. The van der Waals surface area contributed by atoms with Crippen molar-refractivity contribution in [3.8, 4) is 0 Å². The number of hydrogen-bond acceptors (Lipinski definition) is 4. The summed E-state index contributed by atoms with van der Waals surface area (Å²) in [6.07, 6.45) is 1.84. The number of thioether (sulfide) groups is 1. The topological polar surface area (TPSA) is 47.4 Å². The van der Waals surface area contributed by atoms with Gasteiger partial charge >= 0.3 is 0 Å². The van der Waals surface area contributed by atoms with Gasteiger partial charge in [-0.2, -0.15) is 0 Å². The molecule has 4 nitrogen and oxygen atoms in total. The molecule has 0 aromatic heterocycles. The van der Waals surface area contributed by atoms with Crippen LogP contribution in [-0.2, 0) is 4.79 Å². The number of amides is 1. The third-order valence-electron chi connectivity index (χ3n) is 4.23. The minimum atomic E-state index is -0.185. The molecule has 3 rings (SSSR count). The van der Waals surface area contributed by atoms with E-state index in [4.69, 9.17) is 17.0 Å². The number of rotatable bonds is 5. The first-order valence-corrected chi connectivity index (χ1v) is 9.66. The van der Waals surface area contributed by atoms with Crippen molar-refractivity contribution in [1.29, 1.82) is 5.41 Å². The lowest BCUT2D eigenvalue weighted by molar-refractivity contribution is -0.113. The van der Waals surface area contributed by atoms with Gasteiger partial charge in [0.2, 0.25) is 0 Å². The van der Waals surface area contributed by atoms with E-state index in [-0.39, 0.29) is 11.1 Å². The Kier molecular flexibility index (Phi) is 5.69. The van der Waals surface area contributed by atoms with Crippen molar-refractivity contribution < 1.29 is 4.79 Å². The normalized spacial score (nSPS) is 15.8. The molecule has 0 aliphatic carbocycles. The predicted octanol–water partition coefficient (Wildman–Crippen LogP) is 5.24. The van der Waals surface area contributed by atoms with E-state index >= 15 is 0 Å². The first kappa shape index (κ1) is 18.5. The van der Waals surface area contributed by atoms with E-state index in [2.05, 4.69) is 30.9 Å². The zero-order valence-corrected chi connectivity index (χ0v) is 16.3. The Hall–Kier alpha value is -2.24. The van der Waals surface area contributed by atoms with Gasteiger partial charge in [0.25, 0.3) is 5.91 Å². The summed E-state index contributed by atoms with van der Waals surface area (Å²) in [7, 11) is 0. The zero-order valence-electron chi connectivity index (χ0n) is 14.7. The maximum atomic E-state index is 12.7. The number of hydrogen-bond donors (Lipinski definition) is 1. The van der Waals surface area contributed by atoms with E-state index in [1.165, 1.54) is 16.7 Å². The summed E-state index contributed by atoms with van der Waals surface area (Å²) < 4.78 is 0. The molecule has 0 spiro atoms. The lowest BCUT2D eigenvalue weighted by Gasteiger charge is -2.20. The van der Waals surface area contributed by atoms with Crippen molar-refractivity contribution in [3.05, 3.63) is 64.0 Å². The monoisotopic (exact) mass is 385 g/mol. The van der Waals surface area contributed by atoms with Crippen LogP contribution in [0.4, 0.5) is 11.4 Å². The fourth-order valence-electron chi connectivity index (χ4n) is 2.83. The van der Waals surface area contributed by atoms with Gasteiger partial charge in [0, 0.05) is 23.8 Å². The van der Waals surface area contributed by atoms with Gasteiger partial charge in [0.05, 0.1) is 10.6 Å². The molecule has 0 radical (unpaired) electrons. The Bertz CT molecular complexity index is 842. The van der Waals surface area contributed by atoms with E-state index in [9.17, 15) is 4.79 Å². The van der Waals surface area contributed by atoms with Crippen molar-refractivity contribution >= 4 is 51.9 Å². The summed E-state index contributed by atoms with van der Waals surface area (Å²) in [5.74, 6) is -0.185. The molecule has 0 bridgehead atoms. The first-order chi connectivity index (χ1) is 12.5. The Balaban J connectivity index is 1.82. The van der Waals surface area contributed by atoms with Gasteiger partial charge < -0.3 is 4.90 Å². The van der Waals surface area contributed by atoms with Gasteiger partial charge in [-0.15, -0.1) is 0 Å². The third kappa shape index (κ3) is 3.79. The highest BCUT2D eigenvalue weighted by atomic mass is 35.5. The van der Waals surface area contributed by atoms with Crippen molar-refractivity contribution in [2.24, 2.45) is 0 Å². The molecule has 2 aromatic rings. The van der Waals surface area contributed by atoms with Gasteiger partial charge in [0.1, 0.15) is 0 Å². The average molecular weight is 386 g/mol. The van der Waals surface area contributed by atoms with E-state index in [0.717, 1.165) is 24.3 Å². The molecule has 0 saturated carbocycles. The number of nitrogens with zero attached hydrogens (tertiary/aromatic N) is 2. The van der Waals surface area contributed by atoms with Crippen LogP contribution in [0.5, 0.6) is 0 Å². The van der Waals surface area contributed by atoms with Crippen LogP contribution < -0.4 is 9.80 Å². The lowest BCUT2D eigenvalue weighted by atomic mass is 10.1. The van der Waals surface area contributed by atoms with Crippen LogP contribution in [0, 0.1) is 5.41 Å². The van der Waals surface area contributed by atoms with Gasteiger partial charge in [-0.05, 0) is 73.6 Å². The highest BCUT2D eigenvalue weighted by Crippen LogP contribution is 2.35. The van der Waals surface area contributed by atoms with E-state index in [1.54, 1.807) is 24.3 Å². The number of halogens is 1. The summed E-state index contributed by atoms with van der Waals surface area (Å²) >= 11 is 7.08. The molecular weight excluding hydrogens is 366 g/mol. The zero-order chi connectivity index (χ0) is 18.7. The summed E-state index contributed by atoms with van der Waals surface area (Å²) in [4.78, 5) is 16.9. The van der Waals surface area contributed by atoms with E-state index in [1.807, 2.05) is 18.2 Å². The second-order valence-electron chi connectivity index (χ2n) is 5.80. The number of carbonyl (C=O) groups is 1. The highest BCUT2D eigenvalue weighted by Gasteiger charge is 2.33. The second-order valence-corrected chi connectivity index (χ2v) is 7.26. The standard InChI is InChI=1S/C20H20ClN3OS/c1-3-23(4-2)16-9-5-14(6-10-16)13-18-19(25)24(20(22)26-18)17-11-7-15(21)8-12-17/h5-13,22H,3-4H2,1-2H3/b18-13-,22-20?. The van der Waals surface area contributed by atoms with E-state index in [0.29, 0.717) is 15.6 Å². The minimum Gasteiger partial charge on any atom is -0.372 e. The lowest BCUT2D eigenvalue weighted by Crippen LogP contribution is -2.27. The molecule has 1 N–H and O–H groups in total. The number of amidine groups is 1. The Labute approximate surface area is 163 Å². The first-order valence-electron chi connectivity index (χ1n) is 8.46. The fourth-order valence-corrected chi connectivity index (χ4v) is 3.82. The molecule has 0 unspecified atom stereocenters. The average Bonchev–Trinajstić information content (AvgIpc) is 2.92. The van der Waals surface area contributed by atoms with Gasteiger partial charge in [-0.3, -0.25) is 15.1 Å². The SMILES string of the molecule is CCN(CC)c1ccc(/C=C2\SC(=N)N(c3ccc(Cl)cc3)C2=O)cc1. The minimum absolute atomic E-state index is 0.185. The summed E-state index contributed by atoms with van der Waals surface area (Å²) in [5, 5.41) is 8.95.